The second-order valence-electron chi connectivity index (χ2n) is 4.76. The van der Waals surface area contributed by atoms with E-state index in [2.05, 4.69) is 0 Å². The Labute approximate surface area is 111 Å². The van der Waals surface area contributed by atoms with E-state index >= 15 is 0 Å². The van der Waals surface area contributed by atoms with Crippen molar-refractivity contribution in [3.63, 3.8) is 0 Å². The van der Waals surface area contributed by atoms with Crippen LogP contribution in [-0.4, -0.2) is 40.1 Å². The molecule has 5 nitrogen and oxygen atoms in total. The number of carbonyl (C=O) groups is 2. The predicted molar refractivity (Wildman–Crippen MR) is 68.6 cm³/mol. The van der Waals surface area contributed by atoms with Gasteiger partial charge in [0.25, 0.3) is 5.91 Å². The van der Waals surface area contributed by atoms with E-state index in [0.29, 0.717) is 31.5 Å². The van der Waals surface area contributed by atoms with E-state index in [1.165, 1.54) is 0 Å². The molecule has 0 spiro atoms. The zero-order valence-corrected chi connectivity index (χ0v) is 10.6. The highest BCUT2D eigenvalue weighted by Gasteiger charge is 2.27. The zero-order chi connectivity index (χ0) is 13.8. The van der Waals surface area contributed by atoms with E-state index in [1.54, 1.807) is 29.2 Å². The summed E-state index contributed by atoms with van der Waals surface area (Å²) in [6, 6.07) is 6.82. The summed E-state index contributed by atoms with van der Waals surface area (Å²) in [4.78, 5) is 24.7. The van der Waals surface area contributed by atoms with Gasteiger partial charge in [-0.1, -0.05) is 12.1 Å². The third-order valence-corrected chi connectivity index (χ3v) is 3.51. The molecule has 0 saturated carbocycles. The Kier molecular flexibility index (Phi) is 4.16. The van der Waals surface area contributed by atoms with Crippen LogP contribution in [0.4, 0.5) is 0 Å². The van der Waals surface area contributed by atoms with E-state index in [-0.39, 0.29) is 18.4 Å². The Morgan fingerprint density at radius 1 is 1.16 bits per heavy atom. The molecule has 0 aromatic heterocycles. The highest BCUT2D eigenvalue weighted by Crippen LogP contribution is 2.19. The Balaban J connectivity index is 1.98. The third kappa shape index (κ3) is 3.12. The highest BCUT2D eigenvalue weighted by atomic mass is 16.4. The molecule has 0 bridgehead atoms. The fourth-order valence-corrected chi connectivity index (χ4v) is 2.26. The maximum Gasteiger partial charge on any atom is 0.306 e. The molecule has 1 amide bonds. The van der Waals surface area contributed by atoms with Gasteiger partial charge in [-0.2, -0.15) is 0 Å². The maximum atomic E-state index is 12.2. The van der Waals surface area contributed by atoms with Crippen LogP contribution in [0, 0.1) is 5.92 Å². The van der Waals surface area contributed by atoms with Gasteiger partial charge in [-0.25, -0.2) is 0 Å². The molecule has 1 saturated heterocycles. The molecule has 1 fully saturated rings. The number of benzene rings is 1. The molecule has 0 radical (unpaired) electrons. The molecule has 0 atom stereocenters. The topological polar surface area (TPSA) is 77.8 Å². The summed E-state index contributed by atoms with van der Waals surface area (Å²) in [5.41, 5.74) is 1.34. The summed E-state index contributed by atoms with van der Waals surface area (Å²) < 4.78 is 0. The van der Waals surface area contributed by atoms with Crippen molar-refractivity contribution in [1.29, 1.82) is 0 Å². The molecule has 0 aliphatic carbocycles. The molecule has 5 heteroatoms. The molecule has 1 aromatic carbocycles. The molecular formula is C14H17NO4. The minimum absolute atomic E-state index is 0.0432. The van der Waals surface area contributed by atoms with Crippen molar-refractivity contribution in [2.75, 3.05) is 13.1 Å². The molecule has 1 aromatic rings. The van der Waals surface area contributed by atoms with Crippen molar-refractivity contribution in [3.8, 4) is 0 Å². The average Bonchev–Trinajstić information content (AvgIpc) is 2.46. The number of aliphatic carboxylic acids is 1. The summed E-state index contributed by atoms with van der Waals surface area (Å²) in [5.74, 6) is -1.19. The van der Waals surface area contributed by atoms with Gasteiger partial charge in [-0.15, -0.1) is 0 Å². The molecule has 2 rings (SSSR count). The van der Waals surface area contributed by atoms with Crippen molar-refractivity contribution in [2.45, 2.75) is 19.4 Å². The minimum atomic E-state index is -0.778. The van der Waals surface area contributed by atoms with E-state index in [4.69, 9.17) is 10.2 Å². The molecule has 19 heavy (non-hydrogen) atoms. The van der Waals surface area contributed by atoms with Crippen molar-refractivity contribution in [3.05, 3.63) is 35.4 Å². The Morgan fingerprint density at radius 3 is 2.21 bits per heavy atom. The van der Waals surface area contributed by atoms with E-state index in [0.717, 1.165) is 5.56 Å². The first-order chi connectivity index (χ1) is 9.11. The van der Waals surface area contributed by atoms with Gasteiger partial charge >= 0.3 is 5.97 Å². The summed E-state index contributed by atoms with van der Waals surface area (Å²) >= 11 is 0. The number of hydrogen-bond donors (Lipinski definition) is 2. The number of carboxylic acid groups (broad SMARTS) is 1. The molecule has 1 aliphatic rings. The van der Waals surface area contributed by atoms with Gasteiger partial charge in [-0.05, 0) is 30.5 Å². The van der Waals surface area contributed by atoms with Crippen molar-refractivity contribution in [1.82, 2.24) is 4.90 Å². The van der Waals surface area contributed by atoms with E-state index < -0.39 is 5.97 Å². The summed E-state index contributed by atoms with van der Waals surface area (Å²) in [5, 5.41) is 17.9. The van der Waals surface area contributed by atoms with E-state index in [1.807, 2.05) is 0 Å². The number of piperidine rings is 1. The van der Waals surface area contributed by atoms with Gasteiger partial charge in [0, 0.05) is 18.7 Å². The first kappa shape index (κ1) is 13.5. The van der Waals surface area contributed by atoms with Crippen LogP contribution >= 0.6 is 0 Å². The molecule has 102 valence electrons. The van der Waals surface area contributed by atoms with Crippen molar-refractivity contribution in [2.24, 2.45) is 5.92 Å². The summed E-state index contributed by atoms with van der Waals surface area (Å²) in [6.45, 7) is 0.924. The fraction of sp³-hybridized carbons (Fsp3) is 0.429. The normalized spacial score (nSPS) is 16.4. The number of rotatable bonds is 3. The fourth-order valence-electron chi connectivity index (χ4n) is 2.26. The number of aliphatic hydroxyl groups is 1. The van der Waals surface area contributed by atoms with Crippen LogP contribution in [-0.2, 0) is 11.4 Å². The molecule has 0 unspecified atom stereocenters. The minimum Gasteiger partial charge on any atom is -0.481 e. The first-order valence-electron chi connectivity index (χ1n) is 6.33. The number of likely N-dealkylation sites (tertiary alicyclic amines) is 1. The highest BCUT2D eigenvalue weighted by molar-refractivity contribution is 5.94. The van der Waals surface area contributed by atoms with Gasteiger partial charge in [0.05, 0.1) is 12.5 Å². The number of amides is 1. The SMILES string of the molecule is O=C(O)C1CCN(C(=O)c2ccc(CO)cc2)CC1. The van der Waals surface area contributed by atoms with Crippen LogP contribution < -0.4 is 0 Å². The Hall–Kier alpha value is -1.88. The summed E-state index contributed by atoms with van der Waals surface area (Å²) in [6.07, 6.45) is 1.02. The lowest BCUT2D eigenvalue weighted by Crippen LogP contribution is -2.40. The summed E-state index contributed by atoms with van der Waals surface area (Å²) in [7, 11) is 0. The van der Waals surface area contributed by atoms with Gasteiger partial charge in [0.1, 0.15) is 0 Å². The number of nitrogens with zero attached hydrogens (tertiary/aromatic N) is 1. The van der Waals surface area contributed by atoms with Gasteiger partial charge in [0.2, 0.25) is 0 Å². The van der Waals surface area contributed by atoms with Gasteiger partial charge in [-0.3, -0.25) is 9.59 Å². The lowest BCUT2D eigenvalue weighted by Gasteiger charge is -2.30. The van der Waals surface area contributed by atoms with Crippen LogP contribution in [0.2, 0.25) is 0 Å². The molecule has 1 aliphatic heterocycles. The maximum absolute atomic E-state index is 12.2. The zero-order valence-electron chi connectivity index (χ0n) is 10.6. The van der Waals surface area contributed by atoms with Crippen molar-refractivity contribution >= 4 is 11.9 Å². The van der Waals surface area contributed by atoms with Crippen LogP contribution in [0.5, 0.6) is 0 Å². The molecular weight excluding hydrogens is 246 g/mol. The molecule has 1 heterocycles. The third-order valence-electron chi connectivity index (χ3n) is 3.51. The average molecular weight is 263 g/mol. The second kappa shape index (κ2) is 5.84. The van der Waals surface area contributed by atoms with Crippen LogP contribution in [0.25, 0.3) is 0 Å². The Morgan fingerprint density at radius 2 is 1.74 bits per heavy atom. The van der Waals surface area contributed by atoms with Crippen LogP contribution in [0.15, 0.2) is 24.3 Å². The van der Waals surface area contributed by atoms with Crippen LogP contribution in [0.3, 0.4) is 0 Å². The largest absolute Gasteiger partial charge is 0.481 e. The first-order valence-corrected chi connectivity index (χ1v) is 6.33. The number of carboxylic acids is 1. The Bertz CT molecular complexity index is 461. The standard InChI is InChI=1S/C14H17NO4/c16-9-10-1-3-11(4-2-10)13(17)15-7-5-12(6-8-15)14(18)19/h1-4,12,16H,5-9H2,(H,18,19). The monoisotopic (exact) mass is 263 g/mol. The van der Waals surface area contributed by atoms with Gasteiger partial charge in [0.15, 0.2) is 0 Å². The predicted octanol–water partition coefficient (Wildman–Crippen LogP) is 1.12. The van der Waals surface area contributed by atoms with Crippen LogP contribution in [0.1, 0.15) is 28.8 Å². The number of hydrogen-bond acceptors (Lipinski definition) is 3. The smallest absolute Gasteiger partial charge is 0.306 e. The number of aliphatic hydroxyl groups excluding tert-OH is 1. The molecule has 2 N–H and O–H groups in total. The lowest BCUT2D eigenvalue weighted by molar-refractivity contribution is -0.143. The van der Waals surface area contributed by atoms with E-state index in [9.17, 15) is 9.59 Å². The van der Waals surface area contributed by atoms with Gasteiger partial charge < -0.3 is 15.1 Å². The van der Waals surface area contributed by atoms with Crippen molar-refractivity contribution < 1.29 is 19.8 Å². The number of carbonyl (C=O) groups excluding carboxylic acids is 1. The lowest BCUT2D eigenvalue weighted by atomic mass is 9.96. The second-order valence-corrected chi connectivity index (χ2v) is 4.76. The quantitative estimate of drug-likeness (QED) is 0.856.